The van der Waals surface area contributed by atoms with Gasteiger partial charge in [-0.15, -0.1) is 0 Å². The Hall–Kier alpha value is -1.34. The summed E-state index contributed by atoms with van der Waals surface area (Å²) in [7, 11) is 0. The molecular formula is C11H15N3O. The zero-order valence-corrected chi connectivity index (χ0v) is 8.74. The van der Waals surface area contributed by atoms with Crippen molar-refractivity contribution in [1.82, 2.24) is 9.55 Å². The average Bonchev–Trinajstić information content (AvgIpc) is 2.65. The Morgan fingerprint density at radius 1 is 1.47 bits per heavy atom. The molecule has 1 aliphatic heterocycles. The molecule has 4 nitrogen and oxygen atoms in total. The summed E-state index contributed by atoms with van der Waals surface area (Å²) in [6.07, 6.45) is 4.78. The van der Waals surface area contributed by atoms with Crippen LogP contribution < -0.4 is 0 Å². The minimum absolute atomic E-state index is 0.185. The molecule has 1 N–H and O–H groups in total. The lowest BCUT2D eigenvalue weighted by atomic mass is 10.1. The van der Waals surface area contributed by atoms with Crippen LogP contribution in [-0.2, 0) is 19.4 Å². The molecule has 1 aromatic heterocycles. The summed E-state index contributed by atoms with van der Waals surface area (Å²) in [6, 6.07) is 2.16. The van der Waals surface area contributed by atoms with Crippen LogP contribution in [0.2, 0.25) is 0 Å². The van der Waals surface area contributed by atoms with E-state index in [1.807, 2.05) is 0 Å². The maximum Gasteiger partial charge on any atom is 0.161 e. The lowest BCUT2D eigenvalue weighted by molar-refractivity contribution is 0.286. The SMILES string of the molecule is N#Cc1nc(CCCO)n2c1CCCC2. The van der Waals surface area contributed by atoms with Crippen LogP contribution in [0.25, 0.3) is 0 Å². The number of fused-ring (bicyclic) bond motifs is 1. The maximum absolute atomic E-state index is 8.96. The van der Waals surface area contributed by atoms with E-state index in [4.69, 9.17) is 10.4 Å². The van der Waals surface area contributed by atoms with Gasteiger partial charge in [0.15, 0.2) is 5.69 Å². The van der Waals surface area contributed by atoms with Gasteiger partial charge in [-0.25, -0.2) is 4.98 Å². The number of aromatic nitrogens is 2. The molecule has 0 saturated carbocycles. The van der Waals surface area contributed by atoms with E-state index in [0.717, 1.165) is 43.7 Å². The third kappa shape index (κ3) is 1.88. The molecule has 0 aromatic carbocycles. The number of aryl methyl sites for hydroxylation is 1. The fourth-order valence-electron chi connectivity index (χ4n) is 2.13. The highest BCUT2D eigenvalue weighted by atomic mass is 16.2. The van der Waals surface area contributed by atoms with Crippen molar-refractivity contribution in [1.29, 1.82) is 5.26 Å². The van der Waals surface area contributed by atoms with E-state index < -0.39 is 0 Å². The van der Waals surface area contributed by atoms with E-state index in [0.29, 0.717) is 5.69 Å². The number of nitriles is 1. The molecule has 15 heavy (non-hydrogen) atoms. The van der Waals surface area contributed by atoms with E-state index in [1.54, 1.807) is 0 Å². The number of aliphatic hydroxyl groups is 1. The van der Waals surface area contributed by atoms with Gasteiger partial charge in [0.2, 0.25) is 0 Å². The number of rotatable bonds is 3. The quantitative estimate of drug-likeness (QED) is 0.801. The van der Waals surface area contributed by atoms with Crippen LogP contribution in [-0.4, -0.2) is 21.3 Å². The largest absolute Gasteiger partial charge is 0.396 e. The van der Waals surface area contributed by atoms with Gasteiger partial charge in [-0.1, -0.05) is 0 Å². The Labute approximate surface area is 89.2 Å². The predicted molar refractivity (Wildman–Crippen MR) is 55.3 cm³/mol. The standard InChI is InChI=1S/C11H15N3O/c12-8-9-10-4-1-2-6-14(10)11(13-9)5-3-7-15/h15H,1-7H2. The Kier molecular flexibility index (Phi) is 3.02. The van der Waals surface area contributed by atoms with Crippen molar-refractivity contribution in [3.05, 3.63) is 17.2 Å². The highest BCUT2D eigenvalue weighted by Crippen LogP contribution is 2.21. The van der Waals surface area contributed by atoms with Crippen LogP contribution in [0.3, 0.4) is 0 Å². The van der Waals surface area contributed by atoms with Crippen molar-refractivity contribution >= 4 is 0 Å². The summed E-state index contributed by atoms with van der Waals surface area (Å²) in [5.41, 5.74) is 1.68. The van der Waals surface area contributed by atoms with Gasteiger partial charge in [-0.3, -0.25) is 0 Å². The van der Waals surface area contributed by atoms with Gasteiger partial charge in [0.05, 0.1) is 5.69 Å². The van der Waals surface area contributed by atoms with Crippen molar-refractivity contribution in [2.24, 2.45) is 0 Å². The van der Waals surface area contributed by atoms with Crippen LogP contribution in [0.5, 0.6) is 0 Å². The van der Waals surface area contributed by atoms with Crippen molar-refractivity contribution in [2.75, 3.05) is 6.61 Å². The lowest BCUT2D eigenvalue weighted by Gasteiger charge is -2.16. The Bertz CT molecular complexity index is 389. The highest BCUT2D eigenvalue weighted by molar-refractivity contribution is 5.30. The van der Waals surface area contributed by atoms with Crippen LogP contribution in [0, 0.1) is 11.3 Å². The van der Waals surface area contributed by atoms with Crippen LogP contribution in [0.4, 0.5) is 0 Å². The molecule has 0 fully saturated rings. The van der Waals surface area contributed by atoms with Gasteiger partial charge < -0.3 is 9.67 Å². The van der Waals surface area contributed by atoms with Crippen LogP contribution >= 0.6 is 0 Å². The Balaban J connectivity index is 2.30. The van der Waals surface area contributed by atoms with Crippen molar-refractivity contribution < 1.29 is 5.11 Å². The van der Waals surface area contributed by atoms with E-state index in [-0.39, 0.29) is 6.61 Å². The second kappa shape index (κ2) is 4.45. The monoisotopic (exact) mass is 205 g/mol. The van der Waals surface area contributed by atoms with Gasteiger partial charge >= 0.3 is 0 Å². The first kappa shape index (κ1) is 10.2. The molecule has 0 atom stereocenters. The van der Waals surface area contributed by atoms with Crippen molar-refractivity contribution in [2.45, 2.75) is 38.6 Å². The van der Waals surface area contributed by atoms with E-state index in [9.17, 15) is 0 Å². The molecule has 0 spiro atoms. The molecule has 0 saturated heterocycles. The van der Waals surface area contributed by atoms with E-state index >= 15 is 0 Å². The minimum atomic E-state index is 0.185. The first-order valence-electron chi connectivity index (χ1n) is 5.46. The summed E-state index contributed by atoms with van der Waals surface area (Å²) in [4.78, 5) is 4.34. The van der Waals surface area contributed by atoms with Gasteiger partial charge in [0, 0.05) is 19.6 Å². The van der Waals surface area contributed by atoms with Crippen molar-refractivity contribution in [3.8, 4) is 6.07 Å². The van der Waals surface area contributed by atoms with E-state index in [1.165, 1.54) is 6.42 Å². The summed E-state index contributed by atoms with van der Waals surface area (Å²) < 4.78 is 2.16. The van der Waals surface area contributed by atoms with E-state index in [2.05, 4.69) is 15.6 Å². The summed E-state index contributed by atoms with van der Waals surface area (Å²) in [5.74, 6) is 0.968. The number of nitrogens with zero attached hydrogens (tertiary/aromatic N) is 3. The highest BCUT2D eigenvalue weighted by Gasteiger charge is 2.18. The predicted octanol–water partition coefficient (Wildman–Crippen LogP) is 1.02. The molecule has 1 aliphatic rings. The molecule has 0 amide bonds. The van der Waals surface area contributed by atoms with Crippen LogP contribution in [0.1, 0.15) is 36.5 Å². The summed E-state index contributed by atoms with van der Waals surface area (Å²) in [6.45, 7) is 1.16. The van der Waals surface area contributed by atoms with Gasteiger partial charge in [-0.05, 0) is 25.7 Å². The average molecular weight is 205 g/mol. The molecular weight excluding hydrogens is 190 g/mol. The molecule has 0 bridgehead atoms. The van der Waals surface area contributed by atoms with Crippen LogP contribution in [0.15, 0.2) is 0 Å². The Morgan fingerprint density at radius 2 is 2.33 bits per heavy atom. The first-order chi connectivity index (χ1) is 7.36. The zero-order chi connectivity index (χ0) is 10.7. The lowest BCUT2D eigenvalue weighted by Crippen LogP contribution is -2.13. The molecule has 4 heteroatoms. The molecule has 0 aliphatic carbocycles. The third-order valence-corrected chi connectivity index (χ3v) is 2.86. The topological polar surface area (TPSA) is 61.8 Å². The number of hydrogen-bond acceptors (Lipinski definition) is 3. The second-order valence-corrected chi connectivity index (χ2v) is 3.87. The third-order valence-electron chi connectivity index (χ3n) is 2.86. The normalized spacial score (nSPS) is 14.7. The Morgan fingerprint density at radius 3 is 3.07 bits per heavy atom. The summed E-state index contributed by atoms with van der Waals surface area (Å²) in [5, 5.41) is 17.8. The van der Waals surface area contributed by atoms with Gasteiger partial charge in [-0.2, -0.15) is 5.26 Å². The van der Waals surface area contributed by atoms with Crippen molar-refractivity contribution in [3.63, 3.8) is 0 Å². The first-order valence-corrected chi connectivity index (χ1v) is 5.46. The number of aliphatic hydroxyl groups excluding tert-OH is 1. The fourth-order valence-corrected chi connectivity index (χ4v) is 2.13. The molecule has 2 heterocycles. The molecule has 2 rings (SSSR count). The molecule has 0 radical (unpaired) electrons. The summed E-state index contributed by atoms with van der Waals surface area (Å²) >= 11 is 0. The van der Waals surface area contributed by atoms with Gasteiger partial charge in [0.25, 0.3) is 0 Å². The second-order valence-electron chi connectivity index (χ2n) is 3.87. The number of imidazole rings is 1. The molecule has 0 unspecified atom stereocenters. The minimum Gasteiger partial charge on any atom is -0.396 e. The molecule has 80 valence electrons. The number of hydrogen-bond donors (Lipinski definition) is 1. The zero-order valence-electron chi connectivity index (χ0n) is 8.74. The maximum atomic E-state index is 8.96. The smallest absolute Gasteiger partial charge is 0.161 e. The molecule has 1 aromatic rings. The fraction of sp³-hybridized carbons (Fsp3) is 0.636. The van der Waals surface area contributed by atoms with Gasteiger partial charge in [0.1, 0.15) is 11.9 Å².